The summed E-state index contributed by atoms with van der Waals surface area (Å²) < 4.78 is 23.6. The van der Waals surface area contributed by atoms with Crippen molar-refractivity contribution < 1.29 is 13.2 Å². The SMILES string of the molecule is CCS(=O)(=O)c1ccc(C(=O)N2CCCC[C@H]2[C@@H](C)N)cc1. The Bertz CT molecular complexity index is 623. The minimum absolute atomic E-state index is 0.0547. The fraction of sp³-hybridized carbons (Fsp3) is 0.562. The zero-order chi connectivity index (χ0) is 16.3. The van der Waals surface area contributed by atoms with Crippen LogP contribution in [0.15, 0.2) is 29.2 Å². The quantitative estimate of drug-likeness (QED) is 0.916. The van der Waals surface area contributed by atoms with Gasteiger partial charge in [0.05, 0.1) is 10.6 Å². The van der Waals surface area contributed by atoms with E-state index in [9.17, 15) is 13.2 Å². The number of nitrogens with two attached hydrogens (primary N) is 1. The fourth-order valence-electron chi connectivity index (χ4n) is 2.89. The fourth-order valence-corrected chi connectivity index (χ4v) is 3.78. The van der Waals surface area contributed by atoms with E-state index >= 15 is 0 Å². The summed E-state index contributed by atoms with van der Waals surface area (Å²) in [5, 5.41) is 0. The van der Waals surface area contributed by atoms with E-state index in [1.54, 1.807) is 19.1 Å². The van der Waals surface area contributed by atoms with E-state index in [4.69, 9.17) is 5.73 Å². The van der Waals surface area contributed by atoms with Gasteiger partial charge in [-0.2, -0.15) is 0 Å². The summed E-state index contributed by atoms with van der Waals surface area (Å²) >= 11 is 0. The monoisotopic (exact) mass is 324 g/mol. The number of piperidine rings is 1. The van der Waals surface area contributed by atoms with Gasteiger partial charge in [0, 0.05) is 24.2 Å². The number of carbonyl (C=O) groups excluding carboxylic acids is 1. The molecule has 2 rings (SSSR count). The third kappa shape index (κ3) is 3.50. The van der Waals surface area contributed by atoms with Gasteiger partial charge in [-0.3, -0.25) is 4.79 Å². The highest BCUT2D eigenvalue weighted by Crippen LogP contribution is 2.22. The normalized spacial score (nSPS) is 20.7. The Balaban J connectivity index is 2.22. The zero-order valence-corrected chi connectivity index (χ0v) is 14.0. The Labute approximate surface area is 132 Å². The third-order valence-electron chi connectivity index (χ3n) is 4.26. The van der Waals surface area contributed by atoms with E-state index in [1.807, 2.05) is 11.8 Å². The largest absolute Gasteiger partial charge is 0.334 e. The van der Waals surface area contributed by atoms with Crippen LogP contribution >= 0.6 is 0 Å². The molecule has 122 valence electrons. The molecular formula is C16H24N2O3S. The highest BCUT2D eigenvalue weighted by atomic mass is 32.2. The first-order valence-electron chi connectivity index (χ1n) is 7.76. The Kier molecular flexibility index (Phi) is 5.24. The van der Waals surface area contributed by atoms with Crippen molar-refractivity contribution in [3.8, 4) is 0 Å². The van der Waals surface area contributed by atoms with Crippen molar-refractivity contribution in [3.63, 3.8) is 0 Å². The lowest BCUT2D eigenvalue weighted by molar-refractivity contribution is 0.0583. The number of nitrogens with zero attached hydrogens (tertiary/aromatic N) is 1. The van der Waals surface area contributed by atoms with Gasteiger partial charge in [-0.15, -0.1) is 0 Å². The second-order valence-electron chi connectivity index (χ2n) is 5.85. The molecule has 1 aromatic carbocycles. The lowest BCUT2D eigenvalue weighted by atomic mass is 9.96. The van der Waals surface area contributed by atoms with Crippen molar-refractivity contribution in [2.45, 2.75) is 50.1 Å². The maximum Gasteiger partial charge on any atom is 0.254 e. The molecule has 0 aliphatic carbocycles. The standard InChI is InChI=1S/C16H24N2O3S/c1-3-22(20,21)14-9-7-13(8-10-14)16(19)18-11-5-4-6-15(18)12(2)17/h7-10,12,15H,3-6,11,17H2,1-2H3/t12-,15+/m1/s1. The molecule has 0 saturated carbocycles. The molecule has 1 aromatic rings. The van der Waals surface area contributed by atoms with Gasteiger partial charge < -0.3 is 10.6 Å². The highest BCUT2D eigenvalue weighted by Gasteiger charge is 2.29. The van der Waals surface area contributed by atoms with Crippen molar-refractivity contribution in [3.05, 3.63) is 29.8 Å². The van der Waals surface area contributed by atoms with Crippen molar-refractivity contribution in [2.75, 3.05) is 12.3 Å². The molecule has 1 aliphatic heterocycles. The number of carbonyl (C=O) groups is 1. The number of likely N-dealkylation sites (tertiary alicyclic amines) is 1. The maximum atomic E-state index is 12.7. The molecule has 0 aromatic heterocycles. The van der Waals surface area contributed by atoms with Crippen LogP contribution in [-0.2, 0) is 9.84 Å². The maximum absolute atomic E-state index is 12.7. The van der Waals surface area contributed by atoms with Gasteiger partial charge in [-0.1, -0.05) is 6.92 Å². The summed E-state index contributed by atoms with van der Waals surface area (Å²) in [7, 11) is -3.23. The molecule has 1 amide bonds. The highest BCUT2D eigenvalue weighted by molar-refractivity contribution is 7.91. The van der Waals surface area contributed by atoms with Crippen molar-refractivity contribution in [2.24, 2.45) is 5.73 Å². The summed E-state index contributed by atoms with van der Waals surface area (Å²) in [4.78, 5) is 14.8. The van der Waals surface area contributed by atoms with E-state index in [1.165, 1.54) is 12.1 Å². The second kappa shape index (κ2) is 6.79. The van der Waals surface area contributed by atoms with Crippen molar-refractivity contribution in [1.82, 2.24) is 4.90 Å². The number of benzene rings is 1. The van der Waals surface area contributed by atoms with Gasteiger partial charge in [0.15, 0.2) is 9.84 Å². The smallest absolute Gasteiger partial charge is 0.254 e. The molecular weight excluding hydrogens is 300 g/mol. The summed E-state index contributed by atoms with van der Waals surface area (Å²) in [6.07, 6.45) is 2.99. The topological polar surface area (TPSA) is 80.5 Å². The van der Waals surface area contributed by atoms with Crippen LogP contribution in [0.5, 0.6) is 0 Å². The van der Waals surface area contributed by atoms with Crippen LogP contribution in [0.2, 0.25) is 0 Å². The van der Waals surface area contributed by atoms with Crippen molar-refractivity contribution >= 4 is 15.7 Å². The molecule has 0 spiro atoms. The van der Waals surface area contributed by atoms with E-state index in [-0.39, 0.29) is 28.6 Å². The predicted molar refractivity (Wildman–Crippen MR) is 86.5 cm³/mol. The number of hydrogen-bond acceptors (Lipinski definition) is 4. The molecule has 1 saturated heterocycles. The van der Waals surface area contributed by atoms with Crippen LogP contribution in [0.4, 0.5) is 0 Å². The molecule has 1 heterocycles. The molecule has 2 atom stereocenters. The van der Waals surface area contributed by atoms with Crippen LogP contribution in [0.1, 0.15) is 43.5 Å². The number of rotatable bonds is 4. The molecule has 0 radical (unpaired) electrons. The van der Waals surface area contributed by atoms with E-state index < -0.39 is 9.84 Å². The van der Waals surface area contributed by atoms with Gasteiger partial charge >= 0.3 is 0 Å². The van der Waals surface area contributed by atoms with Gasteiger partial charge in [-0.25, -0.2) is 8.42 Å². The Hall–Kier alpha value is -1.40. The minimum Gasteiger partial charge on any atom is -0.334 e. The van der Waals surface area contributed by atoms with Crippen LogP contribution in [0.3, 0.4) is 0 Å². The van der Waals surface area contributed by atoms with Gasteiger partial charge in [0.1, 0.15) is 0 Å². The van der Waals surface area contributed by atoms with Gasteiger partial charge in [-0.05, 0) is 50.5 Å². The number of hydrogen-bond donors (Lipinski definition) is 1. The molecule has 6 heteroatoms. The molecule has 0 unspecified atom stereocenters. The Morgan fingerprint density at radius 1 is 1.32 bits per heavy atom. The van der Waals surface area contributed by atoms with E-state index in [0.29, 0.717) is 12.1 Å². The number of amides is 1. The summed E-state index contributed by atoms with van der Waals surface area (Å²) in [6, 6.07) is 6.20. The molecule has 5 nitrogen and oxygen atoms in total. The first-order valence-corrected chi connectivity index (χ1v) is 9.41. The Morgan fingerprint density at radius 3 is 2.50 bits per heavy atom. The van der Waals surface area contributed by atoms with E-state index in [2.05, 4.69) is 0 Å². The molecule has 22 heavy (non-hydrogen) atoms. The lowest BCUT2D eigenvalue weighted by Gasteiger charge is -2.38. The second-order valence-corrected chi connectivity index (χ2v) is 8.13. The zero-order valence-electron chi connectivity index (χ0n) is 13.2. The van der Waals surface area contributed by atoms with Crippen LogP contribution in [-0.4, -0.2) is 43.6 Å². The summed E-state index contributed by atoms with van der Waals surface area (Å²) in [6.45, 7) is 4.24. The molecule has 2 N–H and O–H groups in total. The first-order chi connectivity index (χ1) is 10.4. The average Bonchev–Trinajstić information content (AvgIpc) is 2.54. The van der Waals surface area contributed by atoms with E-state index in [0.717, 1.165) is 19.3 Å². The summed E-state index contributed by atoms with van der Waals surface area (Å²) in [5.74, 6) is -0.0124. The summed E-state index contributed by atoms with van der Waals surface area (Å²) in [5.41, 5.74) is 6.52. The van der Waals surface area contributed by atoms with Crippen molar-refractivity contribution in [1.29, 1.82) is 0 Å². The van der Waals surface area contributed by atoms with Crippen LogP contribution in [0, 0.1) is 0 Å². The third-order valence-corrected chi connectivity index (χ3v) is 6.01. The molecule has 1 aliphatic rings. The molecule has 1 fully saturated rings. The number of sulfone groups is 1. The minimum atomic E-state index is -3.23. The Morgan fingerprint density at radius 2 is 1.95 bits per heavy atom. The van der Waals surface area contributed by atoms with Gasteiger partial charge in [0.25, 0.3) is 5.91 Å². The van der Waals surface area contributed by atoms with Crippen LogP contribution in [0.25, 0.3) is 0 Å². The molecule has 0 bridgehead atoms. The first kappa shape index (κ1) is 17.0. The van der Waals surface area contributed by atoms with Crippen LogP contribution < -0.4 is 5.73 Å². The average molecular weight is 324 g/mol. The predicted octanol–water partition coefficient (Wildman–Crippen LogP) is 1.82. The lowest BCUT2D eigenvalue weighted by Crippen LogP contribution is -2.51. The van der Waals surface area contributed by atoms with Gasteiger partial charge in [0.2, 0.25) is 0 Å².